The van der Waals surface area contributed by atoms with Crippen LogP contribution in [0.25, 0.3) is 10.9 Å². The van der Waals surface area contributed by atoms with Gasteiger partial charge < -0.3 is 15.6 Å². The number of hydrogen-bond donors (Lipinski definition) is 3. The Morgan fingerprint density at radius 1 is 0.929 bits per heavy atom. The van der Waals surface area contributed by atoms with Gasteiger partial charge in [0.25, 0.3) is 0 Å². The van der Waals surface area contributed by atoms with E-state index in [1.54, 1.807) is 0 Å². The standard InChI is InChI=1S/C24H23N3O/c1-17-9-5-7-13-22(17)27-24(28)26-15-20(18-10-3-2-4-11-18)21-16-25-23-14-8-6-12-19(21)23/h2-14,16,20,25H,15H2,1H3,(H2,26,27,28). The molecule has 0 aliphatic carbocycles. The summed E-state index contributed by atoms with van der Waals surface area (Å²) in [6.45, 7) is 2.48. The van der Waals surface area contributed by atoms with E-state index in [1.165, 1.54) is 16.5 Å². The van der Waals surface area contributed by atoms with Gasteiger partial charge in [-0.15, -0.1) is 0 Å². The number of aromatic nitrogens is 1. The highest BCUT2D eigenvalue weighted by molar-refractivity contribution is 5.90. The van der Waals surface area contributed by atoms with Gasteiger partial charge in [-0.05, 0) is 35.7 Å². The smallest absolute Gasteiger partial charge is 0.319 e. The molecule has 4 aromatic rings. The number of nitrogens with one attached hydrogen (secondary N) is 3. The summed E-state index contributed by atoms with van der Waals surface area (Å²) in [5.74, 6) is 0.0555. The molecule has 0 fully saturated rings. The fourth-order valence-electron chi connectivity index (χ4n) is 3.55. The highest BCUT2D eigenvalue weighted by Gasteiger charge is 2.19. The molecule has 4 heteroatoms. The lowest BCUT2D eigenvalue weighted by Crippen LogP contribution is -2.32. The van der Waals surface area contributed by atoms with Crippen molar-refractivity contribution < 1.29 is 4.79 Å². The summed E-state index contributed by atoms with van der Waals surface area (Å²) in [5.41, 5.74) is 5.31. The molecule has 0 saturated carbocycles. The first kappa shape index (κ1) is 17.9. The van der Waals surface area contributed by atoms with E-state index in [1.807, 2.05) is 67.7 Å². The van der Waals surface area contributed by atoms with Gasteiger partial charge in [-0.3, -0.25) is 0 Å². The molecule has 0 aliphatic heterocycles. The largest absolute Gasteiger partial charge is 0.361 e. The summed E-state index contributed by atoms with van der Waals surface area (Å²) in [4.78, 5) is 15.8. The summed E-state index contributed by atoms with van der Waals surface area (Å²) in [6.07, 6.45) is 2.04. The van der Waals surface area contributed by atoms with Crippen molar-refractivity contribution in [2.75, 3.05) is 11.9 Å². The van der Waals surface area contributed by atoms with E-state index in [2.05, 4.69) is 39.9 Å². The zero-order valence-corrected chi connectivity index (χ0v) is 15.8. The number of H-pyrrole nitrogens is 1. The van der Waals surface area contributed by atoms with Gasteiger partial charge in [0, 0.05) is 35.2 Å². The molecule has 28 heavy (non-hydrogen) atoms. The molecule has 4 nitrogen and oxygen atoms in total. The zero-order chi connectivity index (χ0) is 19.3. The minimum Gasteiger partial charge on any atom is -0.361 e. The van der Waals surface area contributed by atoms with Crippen molar-refractivity contribution in [1.29, 1.82) is 0 Å². The van der Waals surface area contributed by atoms with Crippen molar-refractivity contribution in [3.8, 4) is 0 Å². The van der Waals surface area contributed by atoms with Crippen molar-refractivity contribution >= 4 is 22.6 Å². The molecule has 0 saturated heterocycles. The van der Waals surface area contributed by atoms with Crippen LogP contribution >= 0.6 is 0 Å². The predicted octanol–water partition coefficient (Wildman–Crippen LogP) is 5.43. The minimum absolute atomic E-state index is 0.0555. The molecule has 2 amide bonds. The highest BCUT2D eigenvalue weighted by Crippen LogP contribution is 2.30. The average Bonchev–Trinajstić information content (AvgIpc) is 3.15. The Kier molecular flexibility index (Phi) is 5.11. The summed E-state index contributed by atoms with van der Waals surface area (Å²) in [6, 6.07) is 26.1. The summed E-state index contributed by atoms with van der Waals surface area (Å²) < 4.78 is 0. The molecule has 0 spiro atoms. The summed E-state index contributed by atoms with van der Waals surface area (Å²) >= 11 is 0. The Hall–Kier alpha value is -3.53. The fourth-order valence-corrected chi connectivity index (χ4v) is 3.55. The highest BCUT2D eigenvalue weighted by atomic mass is 16.2. The van der Waals surface area contributed by atoms with E-state index in [9.17, 15) is 4.79 Å². The van der Waals surface area contributed by atoms with Crippen molar-refractivity contribution in [2.45, 2.75) is 12.8 Å². The summed E-state index contributed by atoms with van der Waals surface area (Å²) in [7, 11) is 0. The van der Waals surface area contributed by atoms with Gasteiger partial charge in [-0.1, -0.05) is 66.7 Å². The van der Waals surface area contributed by atoms with Crippen molar-refractivity contribution in [3.05, 3.63) is 102 Å². The minimum atomic E-state index is -0.199. The van der Waals surface area contributed by atoms with Gasteiger partial charge in [-0.2, -0.15) is 0 Å². The van der Waals surface area contributed by atoms with Crippen LogP contribution in [0.15, 0.2) is 85.1 Å². The van der Waals surface area contributed by atoms with Crippen LogP contribution in [-0.4, -0.2) is 17.6 Å². The van der Waals surface area contributed by atoms with Crippen molar-refractivity contribution in [1.82, 2.24) is 10.3 Å². The van der Waals surface area contributed by atoms with Gasteiger partial charge in [-0.25, -0.2) is 4.79 Å². The van der Waals surface area contributed by atoms with E-state index in [0.29, 0.717) is 6.54 Å². The topological polar surface area (TPSA) is 56.9 Å². The second-order valence-corrected chi connectivity index (χ2v) is 6.90. The second kappa shape index (κ2) is 8.01. The molecule has 3 N–H and O–H groups in total. The van der Waals surface area contributed by atoms with Crippen LogP contribution in [0.2, 0.25) is 0 Å². The summed E-state index contributed by atoms with van der Waals surface area (Å²) in [5, 5.41) is 7.17. The first-order chi connectivity index (χ1) is 13.7. The lowest BCUT2D eigenvalue weighted by atomic mass is 9.91. The Morgan fingerprint density at radius 3 is 2.46 bits per heavy atom. The molecule has 1 aromatic heterocycles. The monoisotopic (exact) mass is 369 g/mol. The number of para-hydroxylation sites is 2. The lowest BCUT2D eigenvalue weighted by molar-refractivity contribution is 0.252. The van der Waals surface area contributed by atoms with Crippen LogP contribution in [0.5, 0.6) is 0 Å². The predicted molar refractivity (Wildman–Crippen MR) is 115 cm³/mol. The normalized spacial score (nSPS) is 11.9. The molecule has 4 rings (SSSR count). The number of benzene rings is 3. The quantitative estimate of drug-likeness (QED) is 0.432. The molecular weight excluding hydrogens is 346 g/mol. The number of carbonyl (C=O) groups is 1. The molecule has 140 valence electrons. The molecule has 0 aliphatic rings. The van der Waals surface area contributed by atoms with E-state index >= 15 is 0 Å². The number of carbonyl (C=O) groups excluding carboxylic acids is 1. The van der Waals surface area contributed by atoms with Crippen molar-refractivity contribution in [2.24, 2.45) is 0 Å². The maximum absolute atomic E-state index is 12.5. The van der Waals surface area contributed by atoms with Crippen LogP contribution in [0, 0.1) is 6.92 Å². The van der Waals surface area contributed by atoms with Crippen molar-refractivity contribution in [3.63, 3.8) is 0 Å². The number of anilines is 1. The van der Waals surface area contributed by atoms with E-state index in [-0.39, 0.29) is 11.9 Å². The Labute approximate surface area is 164 Å². The van der Waals surface area contributed by atoms with Gasteiger partial charge >= 0.3 is 6.03 Å². The maximum atomic E-state index is 12.5. The molecule has 1 heterocycles. The molecule has 0 radical (unpaired) electrons. The van der Waals surface area contributed by atoms with Gasteiger partial charge in [0.15, 0.2) is 0 Å². The first-order valence-corrected chi connectivity index (χ1v) is 9.44. The molecule has 1 unspecified atom stereocenters. The van der Waals surface area contributed by atoms with Crippen LogP contribution in [0.4, 0.5) is 10.5 Å². The van der Waals surface area contributed by atoms with Gasteiger partial charge in [0.2, 0.25) is 0 Å². The Morgan fingerprint density at radius 2 is 1.64 bits per heavy atom. The molecule has 0 bridgehead atoms. The first-order valence-electron chi connectivity index (χ1n) is 9.44. The second-order valence-electron chi connectivity index (χ2n) is 6.90. The number of urea groups is 1. The third-order valence-electron chi connectivity index (χ3n) is 5.06. The lowest BCUT2D eigenvalue weighted by Gasteiger charge is -2.19. The number of rotatable bonds is 5. The van der Waals surface area contributed by atoms with Gasteiger partial charge in [0.1, 0.15) is 0 Å². The SMILES string of the molecule is Cc1ccccc1NC(=O)NCC(c1ccccc1)c1c[nH]c2ccccc12. The number of hydrogen-bond acceptors (Lipinski definition) is 1. The third-order valence-corrected chi connectivity index (χ3v) is 5.06. The molecule has 1 atom stereocenters. The Balaban J connectivity index is 1.57. The van der Waals surface area contributed by atoms with Crippen LogP contribution in [0.1, 0.15) is 22.6 Å². The number of aromatic amines is 1. The fraction of sp³-hybridized carbons (Fsp3) is 0.125. The number of amides is 2. The van der Waals surface area contributed by atoms with E-state index < -0.39 is 0 Å². The third kappa shape index (κ3) is 3.76. The number of fused-ring (bicyclic) bond motifs is 1. The van der Waals surface area contributed by atoms with Gasteiger partial charge in [0.05, 0.1) is 0 Å². The number of aryl methyl sites for hydroxylation is 1. The van der Waals surface area contributed by atoms with Crippen LogP contribution < -0.4 is 10.6 Å². The molecular formula is C24H23N3O. The average molecular weight is 369 g/mol. The Bertz CT molecular complexity index is 1090. The zero-order valence-electron chi connectivity index (χ0n) is 15.8. The van der Waals surface area contributed by atoms with E-state index in [0.717, 1.165) is 16.8 Å². The molecule has 3 aromatic carbocycles. The maximum Gasteiger partial charge on any atom is 0.319 e. The van der Waals surface area contributed by atoms with Crippen LogP contribution in [0.3, 0.4) is 0 Å². The van der Waals surface area contributed by atoms with Crippen LogP contribution in [-0.2, 0) is 0 Å². The van der Waals surface area contributed by atoms with E-state index in [4.69, 9.17) is 0 Å².